The van der Waals surface area contributed by atoms with Crippen LogP contribution in [0.5, 0.6) is 0 Å². The van der Waals surface area contributed by atoms with Gasteiger partial charge in [-0.05, 0) is 32.6 Å². The van der Waals surface area contributed by atoms with Crippen LogP contribution in [0.3, 0.4) is 0 Å². The summed E-state index contributed by atoms with van der Waals surface area (Å²) < 4.78 is 0. The van der Waals surface area contributed by atoms with Crippen molar-refractivity contribution in [3.05, 3.63) is 11.8 Å². The molecule has 0 atom stereocenters. The predicted octanol–water partition coefficient (Wildman–Crippen LogP) is 2.84. The van der Waals surface area contributed by atoms with E-state index in [-0.39, 0.29) is 0 Å². The van der Waals surface area contributed by atoms with Gasteiger partial charge in [0.2, 0.25) is 5.95 Å². The molecule has 0 unspecified atom stereocenters. The normalized spacial score (nSPS) is 15.9. The Balaban J connectivity index is 2.07. The van der Waals surface area contributed by atoms with Gasteiger partial charge < -0.3 is 10.2 Å². The first kappa shape index (κ1) is 13.1. The van der Waals surface area contributed by atoms with Crippen molar-refractivity contribution in [1.29, 1.82) is 0 Å². The first-order chi connectivity index (χ1) is 8.70. The standard InChI is InChI=1S/C14H24N4/c1-4-15-14-16-9-11(2)13(17-14)18(3)10-12-7-5-6-8-12/h9,12H,4-8,10H2,1-3H3,(H,15,16,17). The Morgan fingerprint density at radius 1 is 1.39 bits per heavy atom. The molecule has 4 heteroatoms. The van der Waals surface area contributed by atoms with Gasteiger partial charge in [-0.25, -0.2) is 4.98 Å². The van der Waals surface area contributed by atoms with Crippen LogP contribution >= 0.6 is 0 Å². The van der Waals surface area contributed by atoms with Crippen LogP contribution in [0.4, 0.5) is 11.8 Å². The Morgan fingerprint density at radius 3 is 2.78 bits per heavy atom. The number of nitrogens with one attached hydrogen (secondary N) is 1. The Hall–Kier alpha value is -1.32. The Bertz CT molecular complexity index is 385. The van der Waals surface area contributed by atoms with Crippen LogP contribution in [-0.2, 0) is 0 Å². The van der Waals surface area contributed by atoms with E-state index in [9.17, 15) is 0 Å². The highest BCUT2D eigenvalue weighted by Gasteiger charge is 2.18. The minimum Gasteiger partial charge on any atom is -0.359 e. The third kappa shape index (κ3) is 3.12. The fraction of sp³-hybridized carbons (Fsp3) is 0.714. The van der Waals surface area contributed by atoms with Crippen molar-refractivity contribution in [3.8, 4) is 0 Å². The summed E-state index contributed by atoms with van der Waals surface area (Å²) in [5.41, 5.74) is 1.15. The fourth-order valence-electron chi connectivity index (χ4n) is 2.73. The van der Waals surface area contributed by atoms with Crippen LogP contribution in [0, 0.1) is 12.8 Å². The second kappa shape index (κ2) is 6.03. The number of nitrogens with zero attached hydrogens (tertiary/aromatic N) is 3. The van der Waals surface area contributed by atoms with Crippen molar-refractivity contribution in [3.63, 3.8) is 0 Å². The molecule has 0 radical (unpaired) electrons. The van der Waals surface area contributed by atoms with Crippen molar-refractivity contribution in [2.75, 3.05) is 30.4 Å². The quantitative estimate of drug-likeness (QED) is 0.870. The van der Waals surface area contributed by atoms with Gasteiger partial charge in [-0.2, -0.15) is 4.98 Å². The summed E-state index contributed by atoms with van der Waals surface area (Å²) in [4.78, 5) is 11.2. The number of aryl methyl sites for hydroxylation is 1. The van der Waals surface area contributed by atoms with Crippen LogP contribution in [0.2, 0.25) is 0 Å². The lowest BCUT2D eigenvalue weighted by Crippen LogP contribution is -2.26. The molecule has 1 aliphatic rings. The molecule has 0 aromatic carbocycles. The maximum Gasteiger partial charge on any atom is 0.224 e. The molecule has 1 heterocycles. The van der Waals surface area contributed by atoms with E-state index in [0.29, 0.717) is 0 Å². The van der Waals surface area contributed by atoms with Crippen LogP contribution in [-0.4, -0.2) is 30.1 Å². The molecule has 1 saturated carbocycles. The summed E-state index contributed by atoms with van der Waals surface area (Å²) in [6, 6.07) is 0. The smallest absolute Gasteiger partial charge is 0.224 e. The third-order valence-electron chi connectivity index (χ3n) is 3.65. The molecule has 18 heavy (non-hydrogen) atoms. The summed E-state index contributed by atoms with van der Waals surface area (Å²) in [7, 11) is 2.14. The zero-order valence-corrected chi connectivity index (χ0v) is 11.7. The lowest BCUT2D eigenvalue weighted by Gasteiger charge is -2.23. The number of hydrogen-bond acceptors (Lipinski definition) is 4. The molecule has 2 rings (SSSR count). The van der Waals surface area contributed by atoms with Gasteiger partial charge in [0.1, 0.15) is 5.82 Å². The van der Waals surface area contributed by atoms with Crippen LogP contribution in [0.25, 0.3) is 0 Å². The lowest BCUT2D eigenvalue weighted by atomic mass is 10.1. The molecule has 0 saturated heterocycles. The third-order valence-corrected chi connectivity index (χ3v) is 3.65. The average molecular weight is 248 g/mol. The first-order valence-electron chi connectivity index (χ1n) is 6.99. The van der Waals surface area contributed by atoms with E-state index in [1.54, 1.807) is 0 Å². The Morgan fingerprint density at radius 2 is 2.11 bits per heavy atom. The number of aromatic nitrogens is 2. The summed E-state index contributed by atoms with van der Waals surface area (Å²) >= 11 is 0. The number of rotatable bonds is 5. The molecule has 1 N–H and O–H groups in total. The van der Waals surface area contributed by atoms with Crippen LogP contribution < -0.4 is 10.2 Å². The van der Waals surface area contributed by atoms with Gasteiger partial charge in [-0.15, -0.1) is 0 Å². The van der Waals surface area contributed by atoms with Crippen molar-refractivity contribution in [1.82, 2.24) is 9.97 Å². The topological polar surface area (TPSA) is 41.1 Å². The molecule has 0 spiro atoms. The van der Waals surface area contributed by atoms with Gasteiger partial charge in [0, 0.05) is 31.9 Å². The van der Waals surface area contributed by atoms with Crippen LogP contribution in [0.15, 0.2) is 6.20 Å². The summed E-state index contributed by atoms with van der Waals surface area (Å²) in [5, 5.41) is 3.17. The molecular weight excluding hydrogens is 224 g/mol. The van der Waals surface area contributed by atoms with E-state index >= 15 is 0 Å². The number of hydrogen-bond donors (Lipinski definition) is 1. The van der Waals surface area contributed by atoms with Crippen LogP contribution in [0.1, 0.15) is 38.2 Å². The minimum absolute atomic E-state index is 0.733. The summed E-state index contributed by atoms with van der Waals surface area (Å²) in [6.45, 7) is 6.11. The largest absolute Gasteiger partial charge is 0.359 e. The molecule has 100 valence electrons. The molecule has 0 amide bonds. The highest BCUT2D eigenvalue weighted by atomic mass is 15.2. The van der Waals surface area contributed by atoms with Crippen molar-refractivity contribution >= 4 is 11.8 Å². The molecule has 1 aromatic rings. The highest BCUT2D eigenvalue weighted by molar-refractivity contribution is 5.48. The fourth-order valence-corrected chi connectivity index (χ4v) is 2.73. The van der Waals surface area contributed by atoms with Gasteiger partial charge in [-0.1, -0.05) is 12.8 Å². The molecular formula is C14H24N4. The van der Waals surface area contributed by atoms with E-state index in [0.717, 1.165) is 36.3 Å². The maximum absolute atomic E-state index is 4.61. The van der Waals surface area contributed by atoms with Gasteiger partial charge in [-0.3, -0.25) is 0 Å². The molecule has 0 bridgehead atoms. The molecule has 1 aromatic heterocycles. The van der Waals surface area contributed by atoms with Gasteiger partial charge >= 0.3 is 0 Å². The zero-order valence-electron chi connectivity index (χ0n) is 11.7. The zero-order chi connectivity index (χ0) is 13.0. The Labute approximate surface area is 110 Å². The lowest BCUT2D eigenvalue weighted by molar-refractivity contribution is 0.544. The highest BCUT2D eigenvalue weighted by Crippen LogP contribution is 2.27. The van der Waals surface area contributed by atoms with Crippen molar-refractivity contribution in [2.24, 2.45) is 5.92 Å². The van der Waals surface area contributed by atoms with Gasteiger partial charge in [0.05, 0.1) is 0 Å². The predicted molar refractivity (Wildman–Crippen MR) is 76.2 cm³/mol. The minimum atomic E-state index is 0.733. The second-order valence-electron chi connectivity index (χ2n) is 5.26. The maximum atomic E-state index is 4.61. The van der Waals surface area contributed by atoms with Crippen molar-refractivity contribution in [2.45, 2.75) is 39.5 Å². The van der Waals surface area contributed by atoms with Gasteiger partial charge in [0.25, 0.3) is 0 Å². The van der Waals surface area contributed by atoms with E-state index in [2.05, 4.69) is 41.1 Å². The molecule has 0 aliphatic heterocycles. The second-order valence-corrected chi connectivity index (χ2v) is 5.26. The van der Waals surface area contributed by atoms with E-state index in [1.165, 1.54) is 25.7 Å². The van der Waals surface area contributed by atoms with Crippen molar-refractivity contribution < 1.29 is 0 Å². The SMILES string of the molecule is CCNc1ncc(C)c(N(C)CC2CCCC2)n1. The summed E-state index contributed by atoms with van der Waals surface area (Å²) in [5.74, 6) is 2.64. The molecule has 1 fully saturated rings. The number of anilines is 2. The average Bonchev–Trinajstić information content (AvgIpc) is 2.84. The molecule has 4 nitrogen and oxygen atoms in total. The molecule has 1 aliphatic carbocycles. The van der Waals surface area contributed by atoms with E-state index in [4.69, 9.17) is 0 Å². The summed E-state index contributed by atoms with van der Waals surface area (Å²) in [6.07, 6.45) is 7.43. The first-order valence-corrected chi connectivity index (χ1v) is 6.99. The van der Waals surface area contributed by atoms with E-state index in [1.807, 2.05) is 6.20 Å². The Kier molecular flexibility index (Phi) is 4.39. The monoisotopic (exact) mass is 248 g/mol. The van der Waals surface area contributed by atoms with Gasteiger partial charge in [0.15, 0.2) is 0 Å². The van der Waals surface area contributed by atoms with E-state index < -0.39 is 0 Å².